The molecule has 0 bridgehead atoms. The summed E-state index contributed by atoms with van der Waals surface area (Å²) < 4.78 is 29.3. The molecule has 2 aliphatic rings. The molecule has 234 valence electrons. The van der Waals surface area contributed by atoms with Crippen molar-refractivity contribution in [3.05, 3.63) is 53.1 Å². The van der Waals surface area contributed by atoms with E-state index in [0.29, 0.717) is 41.6 Å². The molecule has 1 fully saturated rings. The fourth-order valence-corrected chi connectivity index (χ4v) is 7.06. The highest BCUT2D eigenvalue weighted by Gasteiger charge is 2.41. The summed E-state index contributed by atoms with van der Waals surface area (Å²) in [5.74, 6) is 0.267. The zero-order valence-electron chi connectivity index (χ0n) is 24.8. The number of hydrogen-bond acceptors (Lipinski definition) is 8. The van der Waals surface area contributed by atoms with Gasteiger partial charge in [0, 0.05) is 36.8 Å². The molecule has 4 rings (SSSR count). The zero-order chi connectivity index (χ0) is 31.9. The predicted octanol–water partition coefficient (Wildman–Crippen LogP) is 6.34. The van der Waals surface area contributed by atoms with E-state index < -0.39 is 16.0 Å². The maximum atomic E-state index is 13.9. The highest BCUT2D eigenvalue weighted by Crippen LogP contribution is 2.42. The molecular formula is C30H44ClN3O6S2. The third-order valence-corrected chi connectivity index (χ3v) is 9.27. The van der Waals surface area contributed by atoms with E-state index >= 15 is 0 Å². The molecule has 9 nitrogen and oxygen atoms in total. The quantitative estimate of drug-likeness (QED) is 0.311. The minimum Gasteiger partial charge on any atom is -0.481 e. The minimum atomic E-state index is -3.76. The molecule has 0 unspecified atom stereocenters. The number of hydrogen-bond donors (Lipinski definition) is 3. The lowest BCUT2D eigenvalue weighted by Crippen LogP contribution is -2.46. The lowest BCUT2D eigenvalue weighted by molar-refractivity contribution is -0.191. The Balaban J connectivity index is 0.000000873. The van der Waals surface area contributed by atoms with Gasteiger partial charge in [-0.2, -0.15) is 13.9 Å². The molecular weight excluding hydrogens is 598 g/mol. The average molecular weight is 642 g/mol. The van der Waals surface area contributed by atoms with E-state index in [-0.39, 0.29) is 23.5 Å². The molecule has 0 aromatic heterocycles. The van der Waals surface area contributed by atoms with Crippen molar-refractivity contribution >= 4 is 57.9 Å². The number of aryl methyl sites for hydroxylation is 1. The predicted molar refractivity (Wildman–Crippen MR) is 169 cm³/mol. The Morgan fingerprint density at radius 3 is 2.17 bits per heavy atom. The molecule has 1 heterocycles. The van der Waals surface area contributed by atoms with Crippen molar-refractivity contribution in [1.29, 1.82) is 0 Å². The molecule has 42 heavy (non-hydrogen) atoms. The van der Waals surface area contributed by atoms with Gasteiger partial charge in [-0.15, -0.1) is 12.8 Å². The number of carbonyl (C=O) groups is 1. The fraction of sp³-hybridized carbons (Fsp3) is 0.533. The van der Waals surface area contributed by atoms with Crippen LogP contribution in [0.1, 0.15) is 71.3 Å². The molecule has 0 radical (unpaired) electrons. The molecule has 0 saturated heterocycles. The number of anilines is 2. The smallest absolute Gasteiger partial charge is 0.373 e. The number of rotatable bonds is 6. The Bertz CT molecular complexity index is 1250. The number of benzene rings is 2. The summed E-state index contributed by atoms with van der Waals surface area (Å²) in [7, 11) is -2.06. The highest BCUT2D eigenvalue weighted by molar-refractivity contribution is 7.89. The second-order valence-corrected chi connectivity index (χ2v) is 13.3. The minimum absolute atomic E-state index is 0.0139. The summed E-state index contributed by atoms with van der Waals surface area (Å²) >= 11 is 9.64. The third-order valence-electron chi connectivity index (χ3n) is 7.01. The molecule has 1 saturated carbocycles. The monoisotopic (exact) mass is 641 g/mol. The normalized spacial score (nSPS) is 18.0. The molecule has 1 atom stereocenters. The Hall–Kier alpha value is -2.40. The van der Waals surface area contributed by atoms with E-state index in [1.54, 1.807) is 23.5 Å². The molecule has 12 heteroatoms. The lowest BCUT2D eigenvalue weighted by Gasteiger charge is -2.36. The first-order chi connectivity index (χ1) is 19.9. The number of sulfonamides is 1. The lowest BCUT2D eigenvalue weighted by atomic mass is 9.83. The fourth-order valence-electron chi connectivity index (χ4n) is 5.18. The van der Waals surface area contributed by atoms with Crippen molar-refractivity contribution in [2.45, 2.75) is 83.1 Å². The summed E-state index contributed by atoms with van der Waals surface area (Å²) in [6.07, 6.45) is 6.61. The molecule has 2 aromatic rings. The van der Waals surface area contributed by atoms with Crippen LogP contribution < -0.4 is 10.0 Å². The summed E-state index contributed by atoms with van der Waals surface area (Å²) in [6.45, 7) is 7.06. The number of nitrogens with two attached hydrogens (primary N) is 1. The molecule has 1 aliphatic heterocycles. The summed E-state index contributed by atoms with van der Waals surface area (Å²) in [4.78, 5) is 29.5. The van der Waals surface area contributed by atoms with Crippen LogP contribution in [0.15, 0.2) is 47.4 Å². The van der Waals surface area contributed by atoms with Gasteiger partial charge in [-0.25, -0.2) is 8.42 Å². The van der Waals surface area contributed by atoms with Gasteiger partial charge >= 0.3 is 12.1 Å². The number of aliphatic carboxylic acids is 1. The maximum Gasteiger partial charge on any atom is 0.373 e. The summed E-state index contributed by atoms with van der Waals surface area (Å²) in [5.41, 5.74) is 2.18. The van der Waals surface area contributed by atoms with Crippen LogP contribution in [0.5, 0.6) is 0 Å². The van der Waals surface area contributed by atoms with E-state index in [1.807, 2.05) is 30.3 Å². The van der Waals surface area contributed by atoms with E-state index in [9.17, 15) is 13.2 Å². The van der Waals surface area contributed by atoms with Crippen molar-refractivity contribution in [3.63, 3.8) is 0 Å². The largest absolute Gasteiger partial charge is 0.481 e. The third kappa shape index (κ3) is 11.0. The van der Waals surface area contributed by atoms with Crippen LogP contribution in [-0.4, -0.2) is 49.6 Å². The molecule has 0 spiro atoms. The van der Waals surface area contributed by atoms with E-state index in [0.717, 1.165) is 37.3 Å². The first-order valence-corrected chi connectivity index (χ1v) is 16.4. The molecule has 0 amide bonds. The van der Waals surface area contributed by atoms with Gasteiger partial charge in [-0.05, 0) is 67.3 Å². The van der Waals surface area contributed by atoms with E-state index in [4.69, 9.17) is 26.3 Å². The molecule has 3 N–H and O–H groups in total. The first kappa shape index (κ1) is 37.6. The van der Waals surface area contributed by atoms with Gasteiger partial charge in [0.2, 0.25) is 10.0 Å². The second kappa shape index (κ2) is 19.0. The van der Waals surface area contributed by atoms with Crippen LogP contribution in [0.4, 0.5) is 11.4 Å². The van der Waals surface area contributed by atoms with Gasteiger partial charge in [0.05, 0.1) is 5.69 Å². The Kier molecular flexibility index (Phi) is 17.0. The number of carboxylic acids is 1. The highest BCUT2D eigenvalue weighted by atomic mass is 35.5. The number of halogens is 1. The Morgan fingerprint density at radius 1 is 1.10 bits per heavy atom. The van der Waals surface area contributed by atoms with Gasteiger partial charge in [-0.1, -0.05) is 69.8 Å². The first-order valence-electron chi connectivity index (χ1n) is 14.0. The van der Waals surface area contributed by atoms with Crippen molar-refractivity contribution in [2.75, 3.05) is 18.5 Å². The standard InChI is InChI=1S/C25H31ClN2O4S.C4H10.CO2.H3NS/c1-27-23(18-9-4-2-5-10-18)17-28(20-12-6-3-7-13-20)22-16-21(26)19(11-8-14-25(29)30)15-24(22)33(27,31)32;1-4(2)3;2-1-3;1-2/h3,6-7,12-13,15-16,18,23H,2,4-5,8-11,14,17H2,1H3,(H,29,30);4H,1-3H3;;2H,1H2/t23-;;;/m0.../s1. The van der Waals surface area contributed by atoms with Crippen molar-refractivity contribution < 1.29 is 27.9 Å². The average Bonchev–Trinajstić information content (AvgIpc) is 3.03. The van der Waals surface area contributed by atoms with Gasteiger partial charge in [0.1, 0.15) is 4.90 Å². The van der Waals surface area contributed by atoms with E-state index in [2.05, 4.69) is 43.6 Å². The van der Waals surface area contributed by atoms with Crippen LogP contribution >= 0.6 is 24.4 Å². The van der Waals surface area contributed by atoms with Crippen LogP contribution in [0.25, 0.3) is 0 Å². The van der Waals surface area contributed by atoms with Gasteiger partial charge in [-0.3, -0.25) is 9.93 Å². The topological polar surface area (TPSA) is 138 Å². The molecule has 2 aromatic carbocycles. The zero-order valence-corrected chi connectivity index (χ0v) is 27.3. The Labute approximate surface area is 261 Å². The van der Waals surface area contributed by atoms with Crippen LogP contribution in [0.2, 0.25) is 5.02 Å². The van der Waals surface area contributed by atoms with Crippen molar-refractivity contribution in [2.24, 2.45) is 17.0 Å². The number of likely N-dealkylation sites (N-methyl/N-ethyl adjacent to an activating group) is 1. The maximum absolute atomic E-state index is 13.9. The SMILES string of the molecule is CC(C)C.CN1[C@H](C2CCCCC2)CN(c2ccccc2)c2cc(Cl)c(CCCC(=O)O)cc2S1(=O)=O.NS.O=C=O. The van der Waals surface area contributed by atoms with Crippen molar-refractivity contribution in [1.82, 2.24) is 4.31 Å². The van der Waals surface area contributed by atoms with Crippen LogP contribution in [0, 0.1) is 11.8 Å². The van der Waals surface area contributed by atoms with E-state index in [1.165, 1.54) is 6.42 Å². The molecule has 1 aliphatic carbocycles. The van der Waals surface area contributed by atoms with Crippen molar-refractivity contribution in [3.8, 4) is 0 Å². The van der Waals surface area contributed by atoms with Gasteiger partial charge in [0.25, 0.3) is 0 Å². The number of fused-ring (bicyclic) bond motifs is 1. The van der Waals surface area contributed by atoms with Gasteiger partial charge < -0.3 is 10.0 Å². The number of carboxylic acid groups (broad SMARTS) is 1. The number of para-hydroxylation sites is 1. The van der Waals surface area contributed by atoms with Crippen LogP contribution in [-0.2, 0) is 30.8 Å². The van der Waals surface area contributed by atoms with Crippen LogP contribution in [0.3, 0.4) is 0 Å². The number of thiol groups is 1. The number of carbonyl (C=O) groups excluding carboxylic acids is 2. The Morgan fingerprint density at radius 2 is 1.64 bits per heavy atom. The number of nitrogens with zero attached hydrogens (tertiary/aromatic N) is 2. The summed E-state index contributed by atoms with van der Waals surface area (Å²) in [6, 6.07) is 13.1. The second-order valence-electron chi connectivity index (χ2n) is 10.9. The summed E-state index contributed by atoms with van der Waals surface area (Å²) in [5, 5.41) is 13.6. The van der Waals surface area contributed by atoms with Gasteiger partial charge in [0.15, 0.2) is 0 Å².